The lowest BCUT2D eigenvalue weighted by Gasteiger charge is -2.12. The first-order chi connectivity index (χ1) is 5.29. The van der Waals surface area contributed by atoms with Gasteiger partial charge in [-0.25, -0.2) is 0 Å². The molecule has 0 aromatic rings. The lowest BCUT2D eigenvalue weighted by molar-refractivity contribution is -0.0276. The van der Waals surface area contributed by atoms with E-state index >= 15 is 0 Å². The summed E-state index contributed by atoms with van der Waals surface area (Å²) in [6.07, 6.45) is 2.97. The average molecular weight is 159 g/mol. The number of hydroxylamine groups is 1. The van der Waals surface area contributed by atoms with Crippen molar-refractivity contribution in [1.29, 1.82) is 0 Å². The zero-order valence-corrected chi connectivity index (χ0v) is 7.30. The Kier molecular flexibility index (Phi) is 3.83. The first-order valence-corrected chi connectivity index (χ1v) is 4.29. The number of hydrogen-bond acceptors (Lipinski definition) is 3. The van der Waals surface area contributed by atoms with E-state index in [-0.39, 0.29) is 6.10 Å². The Balaban J connectivity index is 1.94. The minimum absolute atomic E-state index is 0.247. The quantitative estimate of drug-likeness (QED) is 0.623. The first kappa shape index (κ1) is 8.97. The van der Waals surface area contributed by atoms with Crippen molar-refractivity contribution in [3.05, 3.63) is 0 Å². The summed E-state index contributed by atoms with van der Waals surface area (Å²) in [5, 5.41) is 0. The minimum atomic E-state index is 0.247. The van der Waals surface area contributed by atoms with Gasteiger partial charge < -0.3 is 4.74 Å². The van der Waals surface area contributed by atoms with Crippen LogP contribution in [0.4, 0.5) is 0 Å². The van der Waals surface area contributed by atoms with Gasteiger partial charge in [-0.3, -0.25) is 4.84 Å². The molecule has 1 aliphatic rings. The molecule has 66 valence electrons. The number of hydrogen-bond donors (Lipinski definition) is 1. The Labute approximate surface area is 68.0 Å². The maximum absolute atomic E-state index is 5.39. The fourth-order valence-corrected chi connectivity index (χ4v) is 1.11. The van der Waals surface area contributed by atoms with E-state index in [0.717, 1.165) is 19.6 Å². The third-order valence-corrected chi connectivity index (χ3v) is 1.65. The van der Waals surface area contributed by atoms with E-state index in [0.29, 0.717) is 6.10 Å². The summed E-state index contributed by atoms with van der Waals surface area (Å²) in [6.45, 7) is 5.73. The van der Waals surface area contributed by atoms with Crippen molar-refractivity contribution in [2.45, 2.75) is 38.9 Å². The third-order valence-electron chi connectivity index (χ3n) is 1.65. The summed E-state index contributed by atoms with van der Waals surface area (Å²) in [5.74, 6) is 0. The molecular weight excluding hydrogens is 142 g/mol. The summed E-state index contributed by atoms with van der Waals surface area (Å²) in [5.41, 5.74) is 2.90. The van der Waals surface area contributed by atoms with E-state index in [4.69, 9.17) is 9.57 Å². The molecule has 1 fully saturated rings. The van der Waals surface area contributed by atoms with Crippen LogP contribution >= 0.6 is 0 Å². The number of ether oxygens (including phenoxy) is 1. The van der Waals surface area contributed by atoms with Crippen LogP contribution in [0.1, 0.15) is 26.7 Å². The highest BCUT2D eigenvalue weighted by Gasteiger charge is 2.14. The van der Waals surface area contributed by atoms with Crippen molar-refractivity contribution in [3.63, 3.8) is 0 Å². The fourth-order valence-electron chi connectivity index (χ4n) is 1.11. The van der Waals surface area contributed by atoms with Gasteiger partial charge in [0.05, 0.1) is 12.2 Å². The Morgan fingerprint density at radius 3 is 3.00 bits per heavy atom. The van der Waals surface area contributed by atoms with Gasteiger partial charge in [0.25, 0.3) is 0 Å². The Bertz CT molecular complexity index is 100. The summed E-state index contributed by atoms with van der Waals surface area (Å²) < 4.78 is 5.39. The molecule has 3 nitrogen and oxygen atoms in total. The molecule has 0 spiro atoms. The minimum Gasteiger partial charge on any atom is -0.377 e. The van der Waals surface area contributed by atoms with Gasteiger partial charge in [0, 0.05) is 13.2 Å². The van der Waals surface area contributed by atoms with Gasteiger partial charge in [-0.05, 0) is 26.7 Å². The van der Waals surface area contributed by atoms with Gasteiger partial charge in [-0.15, -0.1) is 0 Å². The van der Waals surface area contributed by atoms with Crippen molar-refractivity contribution in [1.82, 2.24) is 5.48 Å². The standard InChI is InChI=1S/C8H17NO2/c1-7(2)11-9-6-8-4-3-5-10-8/h7-9H,3-6H2,1-2H3. The second kappa shape index (κ2) is 4.70. The molecule has 11 heavy (non-hydrogen) atoms. The predicted octanol–water partition coefficient (Wildman–Crippen LogP) is 1.09. The summed E-state index contributed by atoms with van der Waals surface area (Å²) in [7, 11) is 0. The van der Waals surface area contributed by atoms with Crippen LogP contribution in [0.3, 0.4) is 0 Å². The van der Waals surface area contributed by atoms with Gasteiger partial charge >= 0.3 is 0 Å². The van der Waals surface area contributed by atoms with E-state index in [1.807, 2.05) is 13.8 Å². The molecule has 1 aliphatic heterocycles. The molecule has 0 aromatic carbocycles. The highest BCUT2D eigenvalue weighted by molar-refractivity contribution is 4.64. The molecule has 0 aromatic heterocycles. The maximum Gasteiger partial charge on any atom is 0.0734 e. The van der Waals surface area contributed by atoms with Crippen LogP contribution in [0.2, 0.25) is 0 Å². The second-order valence-corrected chi connectivity index (χ2v) is 3.15. The van der Waals surface area contributed by atoms with Gasteiger partial charge in [0.15, 0.2) is 0 Å². The van der Waals surface area contributed by atoms with Crippen LogP contribution in [-0.4, -0.2) is 25.4 Å². The molecule has 0 radical (unpaired) electrons. The maximum atomic E-state index is 5.39. The van der Waals surface area contributed by atoms with Gasteiger partial charge in [-0.2, -0.15) is 5.48 Å². The third kappa shape index (κ3) is 3.70. The van der Waals surface area contributed by atoms with E-state index in [1.165, 1.54) is 6.42 Å². The van der Waals surface area contributed by atoms with Crippen molar-refractivity contribution < 1.29 is 9.57 Å². The molecule has 1 N–H and O–H groups in total. The highest BCUT2D eigenvalue weighted by Crippen LogP contribution is 2.10. The molecule has 1 atom stereocenters. The van der Waals surface area contributed by atoms with Crippen LogP contribution in [0, 0.1) is 0 Å². The van der Waals surface area contributed by atoms with Crippen LogP contribution < -0.4 is 5.48 Å². The SMILES string of the molecule is CC(C)ONCC1CCCO1. The van der Waals surface area contributed by atoms with Crippen LogP contribution in [-0.2, 0) is 9.57 Å². The summed E-state index contributed by atoms with van der Waals surface area (Å²) >= 11 is 0. The molecule has 3 heteroatoms. The van der Waals surface area contributed by atoms with Crippen molar-refractivity contribution in [3.8, 4) is 0 Å². The van der Waals surface area contributed by atoms with Crippen LogP contribution in [0.25, 0.3) is 0 Å². The van der Waals surface area contributed by atoms with E-state index < -0.39 is 0 Å². The topological polar surface area (TPSA) is 30.5 Å². The Morgan fingerprint density at radius 1 is 1.64 bits per heavy atom. The molecule has 1 rings (SSSR count). The van der Waals surface area contributed by atoms with Crippen LogP contribution in [0.15, 0.2) is 0 Å². The molecule has 1 heterocycles. The van der Waals surface area contributed by atoms with Crippen molar-refractivity contribution >= 4 is 0 Å². The molecule has 0 aliphatic carbocycles. The largest absolute Gasteiger partial charge is 0.377 e. The lowest BCUT2D eigenvalue weighted by Crippen LogP contribution is -2.28. The monoisotopic (exact) mass is 159 g/mol. The summed E-state index contributed by atoms with van der Waals surface area (Å²) in [4.78, 5) is 5.17. The lowest BCUT2D eigenvalue weighted by atomic mass is 10.2. The van der Waals surface area contributed by atoms with E-state index in [1.54, 1.807) is 0 Å². The molecule has 1 saturated heterocycles. The smallest absolute Gasteiger partial charge is 0.0734 e. The van der Waals surface area contributed by atoms with Crippen molar-refractivity contribution in [2.75, 3.05) is 13.2 Å². The van der Waals surface area contributed by atoms with Crippen molar-refractivity contribution in [2.24, 2.45) is 0 Å². The first-order valence-electron chi connectivity index (χ1n) is 4.29. The second-order valence-electron chi connectivity index (χ2n) is 3.15. The molecule has 0 bridgehead atoms. The summed E-state index contributed by atoms with van der Waals surface area (Å²) in [6, 6.07) is 0. The molecule has 1 unspecified atom stereocenters. The van der Waals surface area contributed by atoms with E-state index in [2.05, 4.69) is 5.48 Å². The zero-order valence-electron chi connectivity index (χ0n) is 7.30. The van der Waals surface area contributed by atoms with Crippen LogP contribution in [0.5, 0.6) is 0 Å². The Morgan fingerprint density at radius 2 is 2.45 bits per heavy atom. The van der Waals surface area contributed by atoms with Gasteiger partial charge in [-0.1, -0.05) is 0 Å². The zero-order chi connectivity index (χ0) is 8.10. The number of nitrogens with one attached hydrogen (secondary N) is 1. The molecule has 0 saturated carbocycles. The van der Waals surface area contributed by atoms with Gasteiger partial charge in [0.1, 0.15) is 0 Å². The normalized spacial score (nSPS) is 24.8. The molecule has 0 amide bonds. The highest BCUT2D eigenvalue weighted by atomic mass is 16.7. The Hall–Kier alpha value is -0.120. The number of rotatable bonds is 4. The van der Waals surface area contributed by atoms with E-state index in [9.17, 15) is 0 Å². The predicted molar refractivity (Wildman–Crippen MR) is 43.2 cm³/mol. The molecular formula is C8H17NO2. The average Bonchev–Trinajstić information content (AvgIpc) is 2.39. The van der Waals surface area contributed by atoms with Gasteiger partial charge in [0.2, 0.25) is 0 Å². The fraction of sp³-hybridized carbons (Fsp3) is 1.00.